The summed E-state index contributed by atoms with van der Waals surface area (Å²) < 4.78 is 19.0. The quantitative estimate of drug-likeness (QED) is 0.836. The Balaban J connectivity index is 1.99. The van der Waals surface area contributed by atoms with Gasteiger partial charge in [0.15, 0.2) is 0 Å². The summed E-state index contributed by atoms with van der Waals surface area (Å²) >= 11 is 5.83. The molecule has 4 nitrogen and oxygen atoms in total. The van der Waals surface area contributed by atoms with E-state index in [0.717, 1.165) is 22.4 Å². The van der Waals surface area contributed by atoms with Crippen molar-refractivity contribution in [3.8, 4) is 5.75 Å². The van der Waals surface area contributed by atoms with Crippen LogP contribution in [0.5, 0.6) is 5.75 Å². The predicted octanol–water partition coefficient (Wildman–Crippen LogP) is 4.18. The molecule has 2 aromatic carbocycles. The van der Waals surface area contributed by atoms with Crippen molar-refractivity contribution in [2.75, 3.05) is 26.0 Å². The van der Waals surface area contributed by atoms with Crippen LogP contribution in [-0.4, -0.2) is 31.5 Å². The number of methoxy groups -OCH3 is 1. The fourth-order valence-corrected chi connectivity index (χ4v) is 3.02. The molecule has 0 saturated heterocycles. The van der Waals surface area contributed by atoms with Crippen molar-refractivity contribution in [3.05, 3.63) is 57.9 Å². The number of hydrogen-bond donors (Lipinski definition) is 1. The standard InChI is InChI=1S/C19H22ClFN2O2/c1-12-7-14(8-13(2)19(12)25-4)10-23(3)11-18(24)22-17-9-15(20)5-6-16(17)21/h5-9H,10-11H2,1-4H3,(H,22,24). The van der Waals surface area contributed by atoms with Gasteiger partial charge in [0.05, 0.1) is 19.3 Å². The molecule has 0 saturated carbocycles. The van der Waals surface area contributed by atoms with Crippen LogP contribution in [0.1, 0.15) is 16.7 Å². The molecule has 0 aromatic heterocycles. The van der Waals surface area contributed by atoms with E-state index in [-0.39, 0.29) is 18.1 Å². The van der Waals surface area contributed by atoms with Gasteiger partial charge in [0.1, 0.15) is 11.6 Å². The molecule has 0 heterocycles. The van der Waals surface area contributed by atoms with Gasteiger partial charge in [-0.25, -0.2) is 4.39 Å². The first-order valence-electron chi connectivity index (χ1n) is 7.87. The first kappa shape index (κ1) is 19.2. The molecule has 25 heavy (non-hydrogen) atoms. The number of nitrogens with zero attached hydrogens (tertiary/aromatic N) is 1. The second-order valence-electron chi connectivity index (χ2n) is 6.11. The van der Waals surface area contributed by atoms with Gasteiger partial charge in [-0.3, -0.25) is 9.69 Å². The number of ether oxygens (including phenoxy) is 1. The number of carbonyl (C=O) groups is 1. The molecule has 1 amide bonds. The molecule has 0 unspecified atom stereocenters. The van der Waals surface area contributed by atoms with Crippen LogP contribution in [0, 0.1) is 19.7 Å². The zero-order chi connectivity index (χ0) is 18.6. The van der Waals surface area contributed by atoms with Crippen molar-refractivity contribution < 1.29 is 13.9 Å². The summed E-state index contributed by atoms with van der Waals surface area (Å²) in [6, 6.07) is 8.14. The Labute approximate surface area is 152 Å². The predicted molar refractivity (Wildman–Crippen MR) is 98.8 cm³/mol. The summed E-state index contributed by atoms with van der Waals surface area (Å²) in [5.41, 5.74) is 3.27. The number of benzene rings is 2. The van der Waals surface area contributed by atoms with Crippen LogP contribution >= 0.6 is 11.6 Å². The molecule has 2 rings (SSSR count). The smallest absolute Gasteiger partial charge is 0.238 e. The number of aryl methyl sites for hydroxylation is 2. The average Bonchev–Trinajstić information content (AvgIpc) is 2.50. The summed E-state index contributed by atoms with van der Waals surface area (Å²) in [6.45, 7) is 4.71. The number of nitrogens with one attached hydrogen (secondary N) is 1. The van der Waals surface area contributed by atoms with Gasteiger partial charge < -0.3 is 10.1 Å². The summed E-state index contributed by atoms with van der Waals surface area (Å²) in [7, 11) is 3.49. The topological polar surface area (TPSA) is 41.6 Å². The Morgan fingerprint density at radius 3 is 2.48 bits per heavy atom. The van der Waals surface area contributed by atoms with Crippen LogP contribution in [0.4, 0.5) is 10.1 Å². The summed E-state index contributed by atoms with van der Waals surface area (Å²) in [6.07, 6.45) is 0. The number of amides is 1. The normalized spacial score (nSPS) is 10.8. The molecule has 0 radical (unpaired) electrons. The third-order valence-corrected chi connectivity index (χ3v) is 4.03. The average molecular weight is 365 g/mol. The second-order valence-corrected chi connectivity index (χ2v) is 6.54. The van der Waals surface area contributed by atoms with Crippen molar-refractivity contribution in [2.24, 2.45) is 0 Å². The highest BCUT2D eigenvalue weighted by Gasteiger charge is 2.12. The van der Waals surface area contributed by atoms with Gasteiger partial charge in [-0.05, 0) is 55.8 Å². The van der Waals surface area contributed by atoms with Crippen molar-refractivity contribution in [1.82, 2.24) is 4.90 Å². The lowest BCUT2D eigenvalue weighted by Gasteiger charge is -2.18. The van der Waals surface area contributed by atoms with Gasteiger partial charge in [-0.15, -0.1) is 0 Å². The highest BCUT2D eigenvalue weighted by molar-refractivity contribution is 6.30. The molecule has 0 spiro atoms. The summed E-state index contributed by atoms with van der Waals surface area (Å²) in [5.74, 6) is 0.0630. The SMILES string of the molecule is COc1c(C)cc(CN(C)CC(=O)Nc2cc(Cl)ccc2F)cc1C. The fraction of sp³-hybridized carbons (Fsp3) is 0.316. The lowest BCUT2D eigenvalue weighted by atomic mass is 10.1. The molecule has 2 aromatic rings. The third kappa shape index (κ3) is 5.18. The molecule has 134 valence electrons. The van der Waals surface area contributed by atoms with E-state index in [2.05, 4.69) is 5.32 Å². The van der Waals surface area contributed by atoms with Gasteiger partial charge in [-0.2, -0.15) is 0 Å². The molecular weight excluding hydrogens is 343 g/mol. The van der Waals surface area contributed by atoms with Crippen molar-refractivity contribution in [2.45, 2.75) is 20.4 Å². The van der Waals surface area contributed by atoms with Crippen LogP contribution in [0.15, 0.2) is 30.3 Å². The lowest BCUT2D eigenvalue weighted by molar-refractivity contribution is -0.117. The largest absolute Gasteiger partial charge is 0.496 e. The number of hydrogen-bond acceptors (Lipinski definition) is 3. The van der Waals surface area contributed by atoms with Crippen molar-refractivity contribution >= 4 is 23.2 Å². The second kappa shape index (κ2) is 8.32. The maximum Gasteiger partial charge on any atom is 0.238 e. The molecule has 0 aliphatic rings. The van der Waals surface area contributed by atoms with E-state index in [1.165, 1.54) is 18.2 Å². The number of carbonyl (C=O) groups excluding carboxylic acids is 1. The molecule has 0 bridgehead atoms. The van der Waals surface area contributed by atoms with E-state index in [0.29, 0.717) is 11.6 Å². The monoisotopic (exact) mass is 364 g/mol. The minimum atomic E-state index is -0.512. The lowest BCUT2D eigenvalue weighted by Crippen LogP contribution is -2.30. The molecule has 0 atom stereocenters. The van der Waals surface area contributed by atoms with Gasteiger partial charge in [0, 0.05) is 11.6 Å². The number of rotatable bonds is 6. The first-order valence-corrected chi connectivity index (χ1v) is 8.25. The Morgan fingerprint density at radius 1 is 1.24 bits per heavy atom. The van der Waals surface area contributed by atoms with Gasteiger partial charge in [0.2, 0.25) is 5.91 Å². The highest BCUT2D eigenvalue weighted by Crippen LogP contribution is 2.25. The minimum Gasteiger partial charge on any atom is -0.496 e. The minimum absolute atomic E-state index is 0.0852. The highest BCUT2D eigenvalue weighted by atomic mass is 35.5. The molecule has 6 heteroatoms. The van der Waals surface area contributed by atoms with E-state index >= 15 is 0 Å². The zero-order valence-electron chi connectivity index (χ0n) is 14.8. The molecule has 0 aliphatic carbocycles. The van der Waals surface area contributed by atoms with Crippen molar-refractivity contribution in [3.63, 3.8) is 0 Å². The fourth-order valence-electron chi connectivity index (χ4n) is 2.85. The molecular formula is C19H22ClFN2O2. The summed E-state index contributed by atoms with van der Waals surface area (Å²) in [5, 5.41) is 2.92. The molecule has 0 aliphatic heterocycles. The number of anilines is 1. The van der Waals surface area contributed by atoms with Crippen molar-refractivity contribution in [1.29, 1.82) is 0 Å². The zero-order valence-corrected chi connectivity index (χ0v) is 15.6. The number of likely N-dealkylation sites (N-methyl/N-ethyl adjacent to an activating group) is 1. The Kier molecular flexibility index (Phi) is 6.39. The Morgan fingerprint density at radius 2 is 1.88 bits per heavy atom. The van der Waals surface area contributed by atoms with E-state index in [4.69, 9.17) is 16.3 Å². The van der Waals surface area contributed by atoms with Gasteiger partial charge >= 0.3 is 0 Å². The van der Waals surface area contributed by atoms with Gasteiger partial charge in [0.25, 0.3) is 0 Å². The first-order chi connectivity index (χ1) is 11.8. The Hall–Kier alpha value is -2.11. The van der Waals surface area contributed by atoms with Crippen LogP contribution in [0.25, 0.3) is 0 Å². The van der Waals surface area contributed by atoms with Crippen LogP contribution in [-0.2, 0) is 11.3 Å². The van der Waals surface area contributed by atoms with Crippen LogP contribution < -0.4 is 10.1 Å². The van der Waals surface area contributed by atoms with E-state index in [9.17, 15) is 9.18 Å². The van der Waals surface area contributed by atoms with E-state index < -0.39 is 5.82 Å². The number of halogens is 2. The maximum absolute atomic E-state index is 13.7. The maximum atomic E-state index is 13.7. The van der Waals surface area contributed by atoms with Crippen LogP contribution in [0.2, 0.25) is 5.02 Å². The van der Waals surface area contributed by atoms with E-state index in [1.54, 1.807) is 7.11 Å². The van der Waals surface area contributed by atoms with E-state index in [1.807, 2.05) is 37.9 Å². The van der Waals surface area contributed by atoms with Crippen LogP contribution in [0.3, 0.4) is 0 Å². The Bertz CT molecular complexity index is 757. The van der Waals surface area contributed by atoms with Gasteiger partial charge in [-0.1, -0.05) is 23.7 Å². The molecule has 0 fully saturated rings. The molecule has 1 N–H and O–H groups in total. The summed E-state index contributed by atoms with van der Waals surface area (Å²) in [4.78, 5) is 14.0. The third-order valence-electron chi connectivity index (χ3n) is 3.79.